The van der Waals surface area contributed by atoms with E-state index in [1.54, 1.807) is 0 Å². The van der Waals surface area contributed by atoms with E-state index >= 15 is 0 Å². The molecule has 5 heteroatoms. The molecular formula is C10H11Cl3N2. The fraction of sp³-hybridized carbons (Fsp3) is 0.200. The number of fused-ring (bicyclic) bond motifs is 1. The third-order valence-electron chi connectivity index (χ3n) is 2.22. The van der Waals surface area contributed by atoms with E-state index in [0.717, 1.165) is 17.3 Å². The number of benzene rings is 1. The van der Waals surface area contributed by atoms with E-state index in [9.17, 15) is 0 Å². The molecule has 82 valence electrons. The molecule has 1 heterocycles. The van der Waals surface area contributed by atoms with E-state index in [1.807, 2.05) is 18.3 Å². The third kappa shape index (κ3) is 2.40. The van der Waals surface area contributed by atoms with E-state index in [2.05, 4.69) is 4.98 Å². The molecular weight excluding hydrogens is 254 g/mol. The zero-order valence-electron chi connectivity index (χ0n) is 7.89. The number of halogens is 3. The lowest BCUT2D eigenvalue weighted by Crippen LogP contribution is -2.01. The quantitative estimate of drug-likeness (QED) is 0.858. The van der Waals surface area contributed by atoms with Crippen molar-refractivity contribution in [1.29, 1.82) is 0 Å². The summed E-state index contributed by atoms with van der Waals surface area (Å²) in [6.07, 6.45) is 2.79. The molecule has 0 aliphatic heterocycles. The summed E-state index contributed by atoms with van der Waals surface area (Å²) in [5.41, 5.74) is 7.69. The Kier molecular flexibility index (Phi) is 4.29. The van der Waals surface area contributed by atoms with Crippen LogP contribution in [0.1, 0.15) is 5.56 Å². The maximum Gasteiger partial charge on any atom is 0.0613 e. The van der Waals surface area contributed by atoms with Crippen LogP contribution in [0.3, 0.4) is 0 Å². The van der Waals surface area contributed by atoms with Gasteiger partial charge in [0, 0.05) is 17.1 Å². The average Bonchev–Trinajstić information content (AvgIpc) is 2.51. The SMILES string of the molecule is Cl.NCCc1c[nH]c2cc(Cl)c(Cl)cc12. The molecule has 0 saturated heterocycles. The van der Waals surface area contributed by atoms with Crippen molar-refractivity contribution < 1.29 is 0 Å². The summed E-state index contributed by atoms with van der Waals surface area (Å²) in [7, 11) is 0. The predicted octanol–water partition coefficient (Wildman–Crippen LogP) is 3.40. The smallest absolute Gasteiger partial charge is 0.0613 e. The Morgan fingerprint density at radius 3 is 2.53 bits per heavy atom. The van der Waals surface area contributed by atoms with Gasteiger partial charge in [-0.2, -0.15) is 0 Å². The van der Waals surface area contributed by atoms with Crippen LogP contribution in [0.2, 0.25) is 10.0 Å². The maximum absolute atomic E-state index is 5.94. The number of aromatic amines is 1. The molecule has 2 aromatic rings. The van der Waals surface area contributed by atoms with Crippen LogP contribution in [-0.2, 0) is 6.42 Å². The molecule has 0 saturated carbocycles. The molecule has 1 aromatic heterocycles. The molecule has 2 nitrogen and oxygen atoms in total. The number of H-pyrrole nitrogens is 1. The average molecular weight is 266 g/mol. The molecule has 2 rings (SSSR count). The highest BCUT2D eigenvalue weighted by molar-refractivity contribution is 6.42. The van der Waals surface area contributed by atoms with Crippen LogP contribution >= 0.6 is 35.6 Å². The largest absolute Gasteiger partial charge is 0.361 e. The molecule has 0 amide bonds. The lowest BCUT2D eigenvalue weighted by atomic mass is 10.1. The van der Waals surface area contributed by atoms with Gasteiger partial charge in [0.15, 0.2) is 0 Å². The Balaban J connectivity index is 0.00000112. The second-order valence-corrected chi connectivity index (χ2v) is 3.98. The van der Waals surface area contributed by atoms with E-state index in [-0.39, 0.29) is 12.4 Å². The Hall–Kier alpha value is -0.410. The van der Waals surface area contributed by atoms with E-state index in [1.165, 1.54) is 5.56 Å². The first-order valence-electron chi connectivity index (χ1n) is 4.37. The highest BCUT2D eigenvalue weighted by Gasteiger charge is 2.06. The zero-order valence-corrected chi connectivity index (χ0v) is 10.2. The Morgan fingerprint density at radius 2 is 1.87 bits per heavy atom. The number of rotatable bonds is 2. The van der Waals surface area contributed by atoms with Crippen molar-refractivity contribution in [1.82, 2.24) is 4.98 Å². The van der Waals surface area contributed by atoms with Crippen LogP contribution in [0.15, 0.2) is 18.3 Å². The van der Waals surface area contributed by atoms with Gasteiger partial charge in [-0.3, -0.25) is 0 Å². The summed E-state index contributed by atoms with van der Waals surface area (Å²) < 4.78 is 0. The van der Waals surface area contributed by atoms with Gasteiger partial charge in [0.25, 0.3) is 0 Å². The van der Waals surface area contributed by atoms with Crippen molar-refractivity contribution >= 4 is 46.5 Å². The van der Waals surface area contributed by atoms with Crippen LogP contribution in [0.25, 0.3) is 10.9 Å². The van der Waals surface area contributed by atoms with Gasteiger partial charge in [0.05, 0.1) is 10.0 Å². The summed E-state index contributed by atoms with van der Waals surface area (Å²) in [4.78, 5) is 3.14. The number of nitrogens with two attached hydrogens (primary N) is 1. The van der Waals surface area contributed by atoms with Gasteiger partial charge in [-0.1, -0.05) is 23.2 Å². The molecule has 0 radical (unpaired) electrons. The van der Waals surface area contributed by atoms with Gasteiger partial charge in [-0.05, 0) is 30.7 Å². The minimum atomic E-state index is 0. The number of nitrogens with one attached hydrogen (secondary N) is 1. The number of aromatic nitrogens is 1. The third-order valence-corrected chi connectivity index (χ3v) is 2.94. The lowest BCUT2D eigenvalue weighted by molar-refractivity contribution is 0.976. The Bertz CT molecular complexity index is 465. The van der Waals surface area contributed by atoms with Crippen LogP contribution in [-0.4, -0.2) is 11.5 Å². The summed E-state index contributed by atoms with van der Waals surface area (Å²) >= 11 is 11.8. The van der Waals surface area contributed by atoms with Crippen molar-refractivity contribution in [2.45, 2.75) is 6.42 Å². The van der Waals surface area contributed by atoms with Crippen molar-refractivity contribution in [2.24, 2.45) is 5.73 Å². The number of hydrogen-bond acceptors (Lipinski definition) is 1. The summed E-state index contributed by atoms with van der Waals surface area (Å²) in [6.45, 7) is 0.632. The minimum absolute atomic E-state index is 0. The monoisotopic (exact) mass is 264 g/mol. The number of hydrogen-bond donors (Lipinski definition) is 2. The molecule has 0 aliphatic carbocycles. The predicted molar refractivity (Wildman–Crippen MR) is 68.3 cm³/mol. The van der Waals surface area contributed by atoms with Gasteiger partial charge in [0.1, 0.15) is 0 Å². The molecule has 0 aliphatic rings. The van der Waals surface area contributed by atoms with Crippen LogP contribution in [0.5, 0.6) is 0 Å². The van der Waals surface area contributed by atoms with Gasteiger partial charge >= 0.3 is 0 Å². The van der Waals surface area contributed by atoms with Crippen LogP contribution in [0, 0.1) is 0 Å². The van der Waals surface area contributed by atoms with Crippen LogP contribution < -0.4 is 5.73 Å². The van der Waals surface area contributed by atoms with Crippen molar-refractivity contribution in [2.75, 3.05) is 6.54 Å². The van der Waals surface area contributed by atoms with Gasteiger partial charge in [0.2, 0.25) is 0 Å². The molecule has 0 spiro atoms. The van der Waals surface area contributed by atoms with Crippen molar-refractivity contribution in [3.05, 3.63) is 33.9 Å². The Morgan fingerprint density at radius 1 is 1.20 bits per heavy atom. The van der Waals surface area contributed by atoms with Crippen LogP contribution in [0.4, 0.5) is 0 Å². The minimum Gasteiger partial charge on any atom is -0.361 e. The normalized spacial score (nSPS) is 10.3. The molecule has 0 bridgehead atoms. The van der Waals surface area contributed by atoms with Crippen molar-refractivity contribution in [3.63, 3.8) is 0 Å². The molecule has 0 fully saturated rings. The Labute approximate surface area is 104 Å². The first-order valence-corrected chi connectivity index (χ1v) is 5.13. The highest BCUT2D eigenvalue weighted by atomic mass is 35.5. The topological polar surface area (TPSA) is 41.8 Å². The molecule has 0 unspecified atom stereocenters. The standard InChI is InChI=1S/C10H10Cl2N2.ClH/c11-8-3-7-6(1-2-13)5-14-10(7)4-9(8)12;/h3-5,14H,1-2,13H2;1H. The highest BCUT2D eigenvalue weighted by Crippen LogP contribution is 2.29. The molecule has 1 aromatic carbocycles. The maximum atomic E-state index is 5.94. The fourth-order valence-electron chi connectivity index (χ4n) is 1.54. The van der Waals surface area contributed by atoms with E-state index in [0.29, 0.717) is 16.6 Å². The molecule has 15 heavy (non-hydrogen) atoms. The van der Waals surface area contributed by atoms with Gasteiger partial charge in [-0.25, -0.2) is 0 Å². The summed E-state index contributed by atoms with van der Waals surface area (Å²) in [6, 6.07) is 3.71. The van der Waals surface area contributed by atoms with Gasteiger partial charge in [-0.15, -0.1) is 12.4 Å². The lowest BCUT2D eigenvalue weighted by Gasteiger charge is -1.98. The summed E-state index contributed by atoms with van der Waals surface area (Å²) in [5.74, 6) is 0. The molecule has 0 atom stereocenters. The van der Waals surface area contributed by atoms with E-state index in [4.69, 9.17) is 28.9 Å². The zero-order chi connectivity index (χ0) is 10.1. The second-order valence-electron chi connectivity index (χ2n) is 3.16. The fourth-order valence-corrected chi connectivity index (χ4v) is 1.86. The van der Waals surface area contributed by atoms with Gasteiger partial charge < -0.3 is 10.7 Å². The molecule has 3 N–H and O–H groups in total. The first-order chi connectivity index (χ1) is 6.72. The second kappa shape index (κ2) is 5.08. The summed E-state index contributed by atoms with van der Waals surface area (Å²) in [5, 5.41) is 2.25. The van der Waals surface area contributed by atoms with E-state index < -0.39 is 0 Å². The first kappa shape index (κ1) is 12.7. The van der Waals surface area contributed by atoms with Crippen molar-refractivity contribution in [3.8, 4) is 0 Å².